The predicted molar refractivity (Wildman–Crippen MR) is 153 cm³/mol. The molecular formula is C30H33F21LaO6. The molecule has 0 aliphatic carbocycles. The molecule has 0 saturated heterocycles. The summed E-state index contributed by atoms with van der Waals surface area (Å²) in [5.41, 5.74) is -3.97. The van der Waals surface area contributed by atoms with Gasteiger partial charge in [-0.25, -0.2) is 0 Å². The molecular weight excluding hydrogens is 994 g/mol. The van der Waals surface area contributed by atoms with E-state index in [4.69, 9.17) is 15.3 Å². The van der Waals surface area contributed by atoms with E-state index < -0.39 is 105 Å². The van der Waals surface area contributed by atoms with Crippen molar-refractivity contribution in [2.45, 2.75) is 116 Å². The Labute approximate surface area is 342 Å². The number of aliphatic hydroxyl groups is 3. The molecule has 3 N–H and O–H groups in total. The van der Waals surface area contributed by atoms with Gasteiger partial charge in [0.25, 0.3) is 0 Å². The van der Waals surface area contributed by atoms with Gasteiger partial charge in [0.05, 0.1) is 0 Å². The standard InChI is InChI=1S/3C10H11F7O2.La/c3*1-7(2,3)5(18)4-6(19)8(11,12)9(13,14)10(15,16)17;/h3*4,19H,1-3H3;. The average molecular weight is 1030 g/mol. The fourth-order valence-electron chi connectivity index (χ4n) is 2.31. The van der Waals surface area contributed by atoms with Crippen molar-refractivity contribution in [1.29, 1.82) is 0 Å². The van der Waals surface area contributed by atoms with Gasteiger partial charge in [-0.05, 0) is 0 Å². The minimum Gasteiger partial charge on any atom is -0.506 e. The zero-order chi connectivity index (χ0) is 47.6. The Bertz CT molecular complexity index is 1350. The second-order valence-corrected chi connectivity index (χ2v) is 14.4. The molecule has 1 radical (unpaired) electrons. The van der Waals surface area contributed by atoms with Crippen molar-refractivity contribution < 1.29 is 158 Å². The van der Waals surface area contributed by atoms with Gasteiger partial charge in [-0.1, -0.05) is 62.3 Å². The van der Waals surface area contributed by atoms with Crippen LogP contribution >= 0.6 is 0 Å². The maximum absolute atomic E-state index is 12.9. The van der Waals surface area contributed by atoms with Gasteiger partial charge in [0, 0.05) is 70.1 Å². The Kier molecular flexibility index (Phi) is 20.3. The molecule has 0 unspecified atom stereocenters. The molecule has 0 amide bonds. The van der Waals surface area contributed by atoms with E-state index in [9.17, 15) is 107 Å². The van der Waals surface area contributed by atoms with Crippen molar-refractivity contribution in [3.63, 3.8) is 0 Å². The van der Waals surface area contributed by atoms with Crippen molar-refractivity contribution in [2.75, 3.05) is 0 Å². The van der Waals surface area contributed by atoms with Crippen LogP contribution in [-0.2, 0) is 14.4 Å². The number of alkyl halides is 21. The van der Waals surface area contributed by atoms with Gasteiger partial charge in [-0.3, -0.25) is 14.4 Å². The summed E-state index contributed by atoms with van der Waals surface area (Å²) in [6, 6.07) is 0. The van der Waals surface area contributed by atoms with E-state index in [1.165, 1.54) is 62.3 Å². The number of carbonyl (C=O) groups is 3. The maximum Gasteiger partial charge on any atom is 0.460 e. The van der Waals surface area contributed by atoms with Gasteiger partial charge in [-0.2, -0.15) is 92.2 Å². The van der Waals surface area contributed by atoms with E-state index in [0.717, 1.165) is 0 Å². The Morgan fingerprint density at radius 2 is 0.448 bits per heavy atom. The van der Waals surface area contributed by atoms with Gasteiger partial charge in [0.2, 0.25) is 0 Å². The topological polar surface area (TPSA) is 112 Å². The number of halogens is 21. The van der Waals surface area contributed by atoms with Crippen LogP contribution in [0.25, 0.3) is 0 Å². The summed E-state index contributed by atoms with van der Waals surface area (Å²) in [4.78, 5) is 33.6. The Balaban J connectivity index is -0.000000374. The zero-order valence-corrected chi connectivity index (χ0v) is 34.4. The van der Waals surface area contributed by atoms with E-state index in [2.05, 4.69) is 0 Å². The molecule has 0 aromatic rings. The van der Waals surface area contributed by atoms with E-state index in [0.29, 0.717) is 0 Å². The van der Waals surface area contributed by atoms with Crippen molar-refractivity contribution in [3.05, 3.63) is 35.5 Å². The Morgan fingerprint density at radius 3 is 0.534 bits per heavy atom. The van der Waals surface area contributed by atoms with Crippen LogP contribution in [0, 0.1) is 51.8 Å². The first kappa shape index (κ1) is 62.0. The fraction of sp³-hybridized carbons (Fsp3) is 0.700. The molecule has 0 aromatic carbocycles. The van der Waals surface area contributed by atoms with E-state index in [1.807, 2.05) is 0 Å². The van der Waals surface area contributed by atoms with Crippen LogP contribution in [0.5, 0.6) is 0 Å². The van der Waals surface area contributed by atoms with Crippen LogP contribution < -0.4 is 0 Å². The summed E-state index contributed by atoms with van der Waals surface area (Å²) in [6.07, 6.45) is -20.7. The maximum atomic E-state index is 12.9. The second-order valence-electron chi connectivity index (χ2n) is 14.4. The first-order valence-corrected chi connectivity index (χ1v) is 14.5. The summed E-state index contributed by atoms with van der Waals surface area (Å²) < 4.78 is 259. The molecule has 0 saturated carbocycles. The average Bonchev–Trinajstić information content (AvgIpc) is 2.93. The van der Waals surface area contributed by atoms with Crippen LogP contribution in [0.15, 0.2) is 35.5 Å². The van der Waals surface area contributed by atoms with Crippen molar-refractivity contribution in [2.24, 2.45) is 16.2 Å². The summed E-state index contributed by atoms with van der Waals surface area (Å²) in [6.45, 7) is 10.9. The van der Waals surface area contributed by atoms with Gasteiger partial charge < -0.3 is 15.3 Å². The molecule has 0 aliphatic rings. The summed E-state index contributed by atoms with van der Waals surface area (Å²) in [5.74, 6) is -48.8. The molecule has 28 heteroatoms. The molecule has 6 nitrogen and oxygen atoms in total. The first-order chi connectivity index (χ1) is 24.1. The molecule has 0 spiro atoms. The Morgan fingerprint density at radius 1 is 0.328 bits per heavy atom. The number of ketones is 3. The second kappa shape index (κ2) is 19.0. The van der Waals surface area contributed by atoms with Crippen LogP contribution in [0.1, 0.15) is 62.3 Å². The third-order valence-electron chi connectivity index (χ3n) is 6.24. The van der Waals surface area contributed by atoms with Crippen LogP contribution in [0.3, 0.4) is 0 Å². The molecule has 0 atom stereocenters. The largest absolute Gasteiger partial charge is 0.506 e. The molecule has 339 valence electrons. The number of aliphatic hydroxyl groups excluding tert-OH is 3. The fourth-order valence-corrected chi connectivity index (χ4v) is 2.31. The smallest absolute Gasteiger partial charge is 0.460 e. The zero-order valence-electron chi connectivity index (χ0n) is 30.8. The molecule has 0 bridgehead atoms. The Hall–Kier alpha value is -2.65. The third kappa shape index (κ3) is 14.8. The normalized spacial score (nSPS) is 15.3. The van der Waals surface area contributed by atoms with E-state index in [1.54, 1.807) is 0 Å². The SMILES string of the molecule is CC(C)(C)C(=O)C=C(O)C(F)(F)C(F)(F)C(F)(F)F.CC(C)(C)C(=O)C=C(O)C(F)(F)C(F)(F)C(F)(F)F.CC(C)(C)C(=O)C=C(O)C(F)(F)C(F)(F)C(F)(F)F.[La]. The van der Waals surface area contributed by atoms with Gasteiger partial charge in [0.1, 0.15) is 0 Å². The molecule has 0 fully saturated rings. The minimum absolute atomic E-state index is 0. The number of carbonyl (C=O) groups excluding carboxylic acids is 3. The number of hydrogen-bond acceptors (Lipinski definition) is 6. The van der Waals surface area contributed by atoms with Gasteiger partial charge in [0.15, 0.2) is 34.6 Å². The van der Waals surface area contributed by atoms with Crippen LogP contribution in [-0.4, -0.2) is 86.7 Å². The molecule has 0 heterocycles. The van der Waals surface area contributed by atoms with Crippen molar-refractivity contribution in [1.82, 2.24) is 0 Å². The summed E-state index contributed by atoms with van der Waals surface area (Å²) in [5, 5.41) is 26.2. The van der Waals surface area contributed by atoms with Crippen LogP contribution in [0.4, 0.5) is 92.2 Å². The molecule has 58 heavy (non-hydrogen) atoms. The minimum atomic E-state index is -6.57. The van der Waals surface area contributed by atoms with Crippen molar-refractivity contribution >= 4 is 17.3 Å². The predicted octanol–water partition coefficient (Wildman–Crippen LogP) is 11.6. The van der Waals surface area contributed by atoms with Crippen LogP contribution in [0.2, 0.25) is 0 Å². The monoisotopic (exact) mass is 1030 g/mol. The summed E-state index contributed by atoms with van der Waals surface area (Å²) in [7, 11) is 0. The summed E-state index contributed by atoms with van der Waals surface area (Å²) >= 11 is 0. The van der Waals surface area contributed by atoms with Gasteiger partial charge >= 0.3 is 54.1 Å². The number of rotatable bonds is 9. The van der Waals surface area contributed by atoms with Crippen molar-refractivity contribution in [3.8, 4) is 0 Å². The van der Waals surface area contributed by atoms with E-state index in [-0.39, 0.29) is 53.8 Å². The first-order valence-electron chi connectivity index (χ1n) is 14.5. The quantitative estimate of drug-likeness (QED) is 0.121. The number of allylic oxidation sites excluding steroid dienone is 6. The van der Waals surface area contributed by atoms with Gasteiger partial charge in [-0.15, -0.1) is 0 Å². The third-order valence-corrected chi connectivity index (χ3v) is 6.24. The molecule has 0 aliphatic heterocycles. The van der Waals surface area contributed by atoms with E-state index >= 15 is 0 Å². The molecule has 0 rings (SSSR count). The molecule has 0 aromatic heterocycles. The number of hydrogen-bond donors (Lipinski definition) is 3.